The molecule has 1 amide bonds. The Labute approximate surface area is 139 Å². The number of amides is 1. The number of likely N-dealkylation sites (N-methyl/N-ethyl adjacent to an activating group) is 1. The van der Waals surface area contributed by atoms with Crippen LogP contribution < -0.4 is 11.1 Å². The second kappa shape index (κ2) is 6.60. The summed E-state index contributed by atoms with van der Waals surface area (Å²) >= 11 is 0. The fourth-order valence-corrected chi connectivity index (χ4v) is 3.16. The van der Waals surface area contributed by atoms with Gasteiger partial charge in [-0.25, -0.2) is 0 Å². The lowest BCUT2D eigenvalue weighted by atomic mass is 10.2. The Morgan fingerprint density at radius 3 is 2.25 bits per heavy atom. The highest BCUT2D eigenvalue weighted by atomic mass is 16.2. The molecule has 0 atom stereocenters. The normalized spacial score (nSPS) is 15.8. The van der Waals surface area contributed by atoms with Crippen molar-refractivity contribution >= 4 is 16.9 Å². The van der Waals surface area contributed by atoms with E-state index in [1.54, 1.807) is 30.1 Å². The third-order valence-corrected chi connectivity index (χ3v) is 4.73. The summed E-state index contributed by atoms with van der Waals surface area (Å²) in [5.74, 6) is -0.119. The largest absolute Gasteiger partial charge is 0.339 e. The Kier molecular flexibility index (Phi) is 4.53. The van der Waals surface area contributed by atoms with Gasteiger partial charge in [0.1, 0.15) is 6.54 Å². The Hall–Kier alpha value is -2.41. The molecule has 1 fully saturated rings. The summed E-state index contributed by atoms with van der Waals surface area (Å²) in [5, 5.41) is 0. The molecule has 0 aliphatic carbocycles. The van der Waals surface area contributed by atoms with Crippen molar-refractivity contribution in [3.8, 4) is 0 Å². The summed E-state index contributed by atoms with van der Waals surface area (Å²) in [4.78, 5) is 41.2. The van der Waals surface area contributed by atoms with Crippen molar-refractivity contribution in [1.82, 2.24) is 18.9 Å². The van der Waals surface area contributed by atoms with E-state index in [1.807, 2.05) is 6.07 Å². The third-order valence-electron chi connectivity index (χ3n) is 4.73. The molecule has 3 rings (SSSR count). The van der Waals surface area contributed by atoms with Crippen molar-refractivity contribution in [2.75, 3.05) is 32.7 Å². The first-order chi connectivity index (χ1) is 11.5. The Morgan fingerprint density at radius 1 is 1.00 bits per heavy atom. The minimum Gasteiger partial charge on any atom is -0.339 e. The molecule has 0 saturated carbocycles. The van der Waals surface area contributed by atoms with E-state index < -0.39 is 11.1 Å². The number of para-hydroxylation sites is 2. The maximum atomic E-state index is 12.6. The van der Waals surface area contributed by atoms with Gasteiger partial charge < -0.3 is 14.4 Å². The third kappa shape index (κ3) is 2.87. The van der Waals surface area contributed by atoms with Crippen LogP contribution >= 0.6 is 0 Å². The Balaban J connectivity index is 1.92. The highest BCUT2D eigenvalue weighted by molar-refractivity contribution is 5.80. The number of hydrogen-bond acceptors (Lipinski definition) is 4. The van der Waals surface area contributed by atoms with Crippen molar-refractivity contribution in [3.63, 3.8) is 0 Å². The van der Waals surface area contributed by atoms with Gasteiger partial charge in [0.25, 0.3) is 0 Å². The average Bonchev–Trinajstić information content (AvgIpc) is 2.63. The molecule has 2 heterocycles. The molecule has 0 unspecified atom stereocenters. The van der Waals surface area contributed by atoms with Gasteiger partial charge in [0.15, 0.2) is 0 Å². The van der Waals surface area contributed by atoms with Crippen LogP contribution in [0.3, 0.4) is 0 Å². The Morgan fingerprint density at radius 2 is 1.62 bits per heavy atom. The summed E-state index contributed by atoms with van der Waals surface area (Å²) in [6.45, 7) is 5.97. The molecule has 7 nitrogen and oxygen atoms in total. The molecule has 2 aromatic rings. The number of benzene rings is 1. The molecule has 1 aromatic heterocycles. The zero-order valence-corrected chi connectivity index (χ0v) is 14.1. The van der Waals surface area contributed by atoms with Crippen LogP contribution in [0, 0.1) is 0 Å². The summed E-state index contributed by atoms with van der Waals surface area (Å²) in [7, 11) is 1.57. The lowest BCUT2D eigenvalue weighted by Gasteiger charge is -2.34. The first-order valence-corrected chi connectivity index (χ1v) is 8.21. The van der Waals surface area contributed by atoms with Crippen LogP contribution in [0.25, 0.3) is 11.0 Å². The molecule has 128 valence electrons. The molecule has 24 heavy (non-hydrogen) atoms. The highest BCUT2D eigenvalue weighted by Gasteiger charge is 2.22. The molecular formula is C17H22N4O3. The van der Waals surface area contributed by atoms with Crippen LogP contribution in [0.5, 0.6) is 0 Å². The summed E-state index contributed by atoms with van der Waals surface area (Å²) in [6, 6.07) is 7.14. The average molecular weight is 330 g/mol. The van der Waals surface area contributed by atoms with Gasteiger partial charge in [-0.05, 0) is 18.7 Å². The quantitative estimate of drug-likeness (QED) is 0.735. The molecule has 1 saturated heterocycles. The minimum absolute atomic E-state index is 0.0957. The van der Waals surface area contributed by atoms with E-state index in [1.165, 1.54) is 9.13 Å². The number of aryl methyl sites for hydroxylation is 1. The monoisotopic (exact) mass is 330 g/mol. The SMILES string of the molecule is CCN1CCN(C(=O)Cn2c(=O)c(=O)n(C)c3ccccc32)CC1. The summed E-state index contributed by atoms with van der Waals surface area (Å²) in [6.07, 6.45) is 0. The van der Waals surface area contributed by atoms with Gasteiger partial charge >= 0.3 is 11.1 Å². The number of aromatic nitrogens is 2. The van der Waals surface area contributed by atoms with Gasteiger partial charge in [0.05, 0.1) is 11.0 Å². The number of carbonyl (C=O) groups is 1. The number of rotatable bonds is 3. The first-order valence-electron chi connectivity index (χ1n) is 8.21. The molecule has 1 aromatic carbocycles. The van der Waals surface area contributed by atoms with Gasteiger partial charge in [-0.1, -0.05) is 19.1 Å². The van der Waals surface area contributed by atoms with E-state index in [4.69, 9.17) is 0 Å². The molecule has 0 spiro atoms. The zero-order chi connectivity index (χ0) is 17.3. The molecular weight excluding hydrogens is 308 g/mol. The number of hydrogen-bond donors (Lipinski definition) is 0. The van der Waals surface area contributed by atoms with Crippen LogP contribution in [-0.4, -0.2) is 57.6 Å². The van der Waals surface area contributed by atoms with Crippen LogP contribution in [0.1, 0.15) is 6.92 Å². The van der Waals surface area contributed by atoms with Crippen molar-refractivity contribution in [2.45, 2.75) is 13.5 Å². The van der Waals surface area contributed by atoms with Crippen LogP contribution in [0.2, 0.25) is 0 Å². The predicted octanol–water partition coefficient (Wildman–Crippen LogP) is -0.136. The lowest BCUT2D eigenvalue weighted by Crippen LogP contribution is -2.50. The number of piperazine rings is 1. The van der Waals surface area contributed by atoms with E-state index in [-0.39, 0.29) is 12.5 Å². The van der Waals surface area contributed by atoms with Crippen molar-refractivity contribution in [1.29, 1.82) is 0 Å². The first kappa shape index (κ1) is 16.4. The van der Waals surface area contributed by atoms with E-state index >= 15 is 0 Å². The standard InChI is InChI=1S/C17H22N4O3/c1-3-19-8-10-20(11-9-19)15(22)12-21-14-7-5-4-6-13(14)18(2)16(23)17(21)24/h4-7H,3,8-12H2,1-2H3. The van der Waals surface area contributed by atoms with Gasteiger partial charge in [-0.15, -0.1) is 0 Å². The summed E-state index contributed by atoms with van der Waals surface area (Å²) < 4.78 is 2.63. The number of carbonyl (C=O) groups excluding carboxylic acids is 1. The second-order valence-electron chi connectivity index (χ2n) is 6.06. The van der Waals surface area contributed by atoms with Crippen LogP contribution in [0.4, 0.5) is 0 Å². The topological polar surface area (TPSA) is 67.5 Å². The second-order valence-corrected chi connectivity index (χ2v) is 6.06. The molecule has 7 heteroatoms. The molecule has 1 aliphatic heterocycles. The number of fused-ring (bicyclic) bond motifs is 1. The summed E-state index contributed by atoms with van der Waals surface area (Å²) in [5.41, 5.74) is -0.0232. The van der Waals surface area contributed by atoms with Crippen LogP contribution in [0.15, 0.2) is 33.9 Å². The highest BCUT2D eigenvalue weighted by Crippen LogP contribution is 2.10. The van der Waals surface area contributed by atoms with Crippen LogP contribution in [-0.2, 0) is 18.4 Å². The molecule has 0 bridgehead atoms. The van der Waals surface area contributed by atoms with Gasteiger partial charge in [-0.2, -0.15) is 0 Å². The Bertz CT molecular complexity index is 876. The molecule has 1 aliphatic rings. The van der Waals surface area contributed by atoms with E-state index in [2.05, 4.69) is 11.8 Å². The van der Waals surface area contributed by atoms with Gasteiger partial charge in [-0.3, -0.25) is 19.0 Å². The fourth-order valence-electron chi connectivity index (χ4n) is 3.16. The fraction of sp³-hybridized carbons (Fsp3) is 0.471. The van der Waals surface area contributed by atoms with E-state index in [0.717, 1.165) is 19.6 Å². The maximum absolute atomic E-state index is 12.6. The van der Waals surface area contributed by atoms with E-state index in [9.17, 15) is 14.4 Å². The van der Waals surface area contributed by atoms with Crippen molar-refractivity contribution in [3.05, 3.63) is 45.0 Å². The smallest absolute Gasteiger partial charge is 0.317 e. The molecule has 0 N–H and O–H groups in total. The predicted molar refractivity (Wildman–Crippen MR) is 92.1 cm³/mol. The maximum Gasteiger partial charge on any atom is 0.317 e. The van der Waals surface area contributed by atoms with E-state index in [0.29, 0.717) is 24.1 Å². The van der Waals surface area contributed by atoms with Gasteiger partial charge in [0, 0.05) is 33.2 Å². The minimum atomic E-state index is -0.656. The number of nitrogens with zero attached hydrogens (tertiary/aromatic N) is 4. The zero-order valence-electron chi connectivity index (χ0n) is 14.1. The lowest BCUT2D eigenvalue weighted by molar-refractivity contribution is -0.133. The van der Waals surface area contributed by atoms with Gasteiger partial charge in [0.2, 0.25) is 5.91 Å². The molecule has 0 radical (unpaired) electrons. The van der Waals surface area contributed by atoms with Crippen molar-refractivity contribution in [2.24, 2.45) is 7.05 Å². The van der Waals surface area contributed by atoms with Crippen molar-refractivity contribution < 1.29 is 4.79 Å².